The highest BCUT2D eigenvalue weighted by atomic mass is 16.5. The van der Waals surface area contributed by atoms with Crippen LogP contribution < -0.4 is 10.5 Å². The second kappa shape index (κ2) is 5.41. The molecule has 0 amide bonds. The molecule has 94 valence electrons. The SMILES string of the molecule is CCN(CC)CC1COc2c(N)cccc2C1. The Morgan fingerprint density at radius 1 is 1.35 bits per heavy atom. The van der Waals surface area contributed by atoms with Gasteiger partial charge in [0.2, 0.25) is 0 Å². The summed E-state index contributed by atoms with van der Waals surface area (Å²) >= 11 is 0. The molecule has 0 aliphatic carbocycles. The molecule has 1 aromatic carbocycles. The highest BCUT2D eigenvalue weighted by molar-refractivity contribution is 5.57. The van der Waals surface area contributed by atoms with Crippen LogP contribution in [0.3, 0.4) is 0 Å². The van der Waals surface area contributed by atoms with Crippen molar-refractivity contribution in [2.45, 2.75) is 20.3 Å². The van der Waals surface area contributed by atoms with E-state index in [-0.39, 0.29) is 0 Å². The molecule has 3 heteroatoms. The average Bonchev–Trinajstić information content (AvgIpc) is 2.36. The Balaban J connectivity index is 2.03. The zero-order valence-corrected chi connectivity index (χ0v) is 10.8. The van der Waals surface area contributed by atoms with Crippen molar-refractivity contribution in [2.75, 3.05) is 32.0 Å². The first-order valence-electron chi connectivity index (χ1n) is 6.47. The number of hydrogen-bond acceptors (Lipinski definition) is 3. The van der Waals surface area contributed by atoms with Crippen molar-refractivity contribution < 1.29 is 4.74 Å². The Hall–Kier alpha value is -1.22. The molecular weight excluding hydrogens is 212 g/mol. The Labute approximate surface area is 104 Å². The molecule has 1 atom stereocenters. The molecular formula is C14H22N2O. The molecule has 1 aliphatic heterocycles. The van der Waals surface area contributed by atoms with Crippen LogP contribution >= 0.6 is 0 Å². The molecule has 0 aromatic heterocycles. The maximum Gasteiger partial charge on any atom is 0.145 e. The standard InChI is InChI=1S/C14H22N2O/c1-3-16(4-2)9-11-8-12-6-5-7-13(15)14(12)17-10-11/h5-7,11H,3-4,8-10,15H2,1-2H3. The highest BCUT2D eigenvalue weighted by Gasteiger charge is 2.22. The van der Waals surface area contributed by atoms with Crippen LogP contribution in [0.4, 0.5) is 5.69 Å². The molecule has 0 saturated heterocycles. The fraction of sp³-hybridized carbons (Fsp3) is 0.571. The van der Waals surface area contributed by atoms with Crippen LogP contribution in [0.2, 0.25) is 0 Å². The summed E-state index contributed by atoms with van der Waals surface area (Å²) in [6, 6.07) is 6.04. The Morgan fingerprint density at radius 3 is 2.82 bits per heavy atom. The van der Waals surface area contributed by atoms with Crippen molar-refractivity contribution in [3.8, 4) is 5.75 Å². The third kappa shape index (κ3) is 2.72. The van der Waals surface area contributed by atoms with Crippen molar-refractivity contribution in [1.82, 2.24) is 4.90 Å². The number of ether oxygens (including phenoxy) is 1. The van der Waals surface area contributed by atoms with Crippen molar-refractivity contribution in [2.24, 2.45) is 5.92 Å². The zero-order chi connectivity index (χ0) is 12.3. The Kier molecular flexibility index (Phi) is 3.89. The van der Waals surface area contributed by atoms with E-state index in [0.29, 0.717) is 5.92 Å². The summed E-state index contributed by atoms with van der Waals surface area (Å²) in [4.78, 5) is 2.45. The number of anilines is 1. The van der Waals surface area contributed by atoms with Gasteiger partial charge in [-0.25, -0.2) is 0 Å². The molecule has 1 aliphatic rings. The number of nitrogen functional groups attached to an aromatic ring is 1. The van der Waals surface area contributed by atoms with Crippen molar-refractivity contribution >= 4 is 5.69 Å². The lowest BCUT2D eigenvalue weighted by atomic mass is 9.95. The summed E-state index contributed by atoms with van der Waals surface area (Å²) in [5.41, 5.74) is 7.93. The van der Waals surface area contributed by atoms with Crippen LogP contribution in [-0.4, -0.2) is 31.1 Å². The van der Waals surface area contributed by atoms with Gasteiger partial charge in [-0.15, -0.1) is 0 Å². The van der Waals surface area contributed by atoms with E-state index >= 15 is 0 Å². The topological polar surface area (TPSA) is 38.5 Å². The number of para-hydroxylation sites is 1. The summed E-state index contributed by atoms with van der Waals surface area (Å²) in [6.07, 6.45) is 1.08. The molecule has 0 saturated carbocycles. The molecule has 2 N–H and O–H groups in total. The number of fused-ring (bicyclic) bond motifs is 1. The van der Waals surface area contributed by atoms with Gasteiger partial charge in [-0.2, -0.15) is 0 Å². The molecule has 17 heavy (non-hydrogen) atoms. The van der Waals surface area contributed by atoms with Gasteiger partial charge in [0.1, 0.15) is 5.75 Å². The van der Waals surface area contributed by atoms with E-state index in [0.717, 1.165) is 44.1 Å². The predicted octanol–water partition coefficient (Wildman–Crippen LogP) is 2.16. The molecule has 1 aromatic rings. The molecule has 2 rings (SSSR count). The second-order valence-corrected chi connectivity index (χ2v) is 4.70. The number of benzene rings is 1. The zero-order valence-electron chi connectivity index (χ0n) is 10.8. The van der Waals surface area contributed by atoms with Gasteiger partial charge in [-0.05, 0) is 31.1 Å². The van der Waals surface area contributed by atoms with Crippen molar-refractivity contribution in [1.29, 1.82) is 0 Å². The van der Waals surface area contributed by atoms with Crippen LogP contribution in [0.1, 0.15) is 19.4 Å². The minimum Gasteiger partial charge on any atom is -0.491 e. The van der Waals surface area contributed by atoms with Crippen LogP contribution in [0.25, 0.3) is 0 Å². The molecule has 3 nitrogen and oxygen atoms in total. The molecule has 1 heterocycles. The quantitative estimate of drug-likeness (QED) is 0.811. The van der Waals surface area contributed by atoms with Gasteiger partial charge in [-0.1, -0.05) is 26.0 Å². The first-order chi connectivity index (χ1) is 8.24. The highest BCUT2D eigenvalue weighted by Crippen LogP contribution is 2.32. The van der Waals surface area contributed by atoms with E-state index in [1.807, 2.05) is 12.1 Å². The van der Waals surface area contributed by atoms with Gasteiger partial charge in [0.05, 0.1) is 12.3 Å². The van der Waals surface area contributed by atoms with Crippen LogP contribution in [0, 0.1) is 5.92 Å². The lowest BCUT2D eigenvalue weighted by Crippen LogP contribution is -2.35. The van der Waals surface area contributed by atoms with Crippen LogP contribution in [0.5, 0.6) is 5.75 Å². The van der Waals surface area contributed by atoms with E-state index in [2.05, 4.69) is 24.8 Å². The fourth-order valence-electron chi connectivity index (χ4n) is 2.48. The lowest BCUT2D eigenvalue weighted by molar-refractivity contribution is 0.168. The van der Waals surface area contributed by atoms with Gasteiger partial charge in [-0.3, -0.25) is 0 Å². The molecule has 0 spiro atoms. The molecule has 1 unspecified atom stereocenters. The van der Waals surface area contributed by atoms with E-state index in [9.17, 15) is 0 Å². The number of hydrogen-bond donors (Lipinski definition) is 1. The summed E-state index contributed by atoms with van der Waals surface area (Å²) in [5.74, 6) is 1.49. The van der Waals surface area contributed by atoms with E-state index in [1.165, 1.54) is 5.56 Å². The van der Waals surface area contributed by atoms with Gasteiger partial charge >= 0.3 is 0 Å². The monoisotopic (exact) mass is 234 g/mol. The third-order valence-corrected chi connectivity index (χ3v) is 3.51. The van der Waals surface area contributed by atoms with Gasteiger partial charge in [0.15, 0.2) is 0 Å². The molecule has 0 fully saturated rings. The normalized spacial score (nSPS) is 18.9. The van der Waals surface area contributed by atoms with Crippen LogP contribution in [0.15, 0.2) is 18.2 Å². The fourth-order valence-corrected chi connectivity index (χ4v) is 2.48. The summed E-state index contributed by atoms with van der Waals surface area (Å²) in [7, 11) is 0. The largest absolute Gasteiger partial charge is 0.491 e. The smallest absolute Gasteiger partial charge is 0.145 e. The third-order valence-electron chi connectivity index (χ3n) is 3.51. The first kappa shape index (κ1) is 12.2. The minimum absolute atomic E-state index is 0.587. The van der Waals surface area contributed by atoms with E-state index < -0.39 is 0 Å². The molecule has 0 bridgehead atoms. The molecule has 0 radical (unpaired) electrons. The van der Waals surface area contributed by atoms with Gasteiger partial charge < -0.3 is 15.4 Å². The van der Waals surface area contributed by atoms with Crippen LogP contribution in [-0.2, 0) is 6.42 Å². The minimum atomic E-state index is 0.587. The van der Waals surface area contributed by atoms with E-state index in [4.69, 9.17) is 10.5 Å². The Morgan fingerprint density at radius 2 is 2.12 bits per heavy atom. The van der Waals surface area contributed by atoms with Crippen molar-refractivity contribution in [3.63, 3.8) is 0 Å². The average molecular weight is 234 g/mol. The number of nitrogens with two attached hydrogens (primary N) is 1. The maximum absolute atomic E-state index is 5.90. The lowest BCUT2D eigenvalue weighted by Gasteiger charge is -2.30. The Bertz CT molecular complexity index is 374. The maximum atomic E-state index is 5.90. The van der Waals surface area contributed by atoms with Gasteiger partial charge in [0.25, 0.3) is 0 Å². The number of nitrogens with zero attached hydrogens (tertiary/aromatic N) is 1. The predicted molar refractivity (Wildman–Crippen MR) is 71.3 cm³/mol. The number of rotatable bonds is 4. The summed E-state index contributed by atoms with van der Waals surface area (Å²) < 4.78 is 5.81. The van der Waals surface area contributed by atoms with Crippen molar-refractivity contribution in [3.05, 3.63) is 23.8 Å². The first-order valence-corrected chi connectivity index (χ1v) is 6.47. The second-order valence-electron chi connectivity index (χ2n) is 4.70. The van der Waals surface area contributed by atoms with E-state index in [1.54, 1.807) is 0 Å². The summed E-state index contributed by atoms with van der Waals surface area (Å²) in [6.45, 7) is 8.53. The van der Waals surface area contributed by atoms with Gasteiger partial charge in [0, 0.05) is 12.5 Å². The summed E-state index contributed by atoms with van der Waals surface area (Å²) in [5, 5.41) is 0.